The number of nitrogens with zero attached hydrogens (tertiary/aromatic N) is 2. The molecule has 0 N–H and O–H groups in total. The van der Waals surface area contributed by atoms with Gasteiger partial charge in [-0.3, -0.25) is 0 Å². The molecule has 0 atom stereocenters. The lowest BCUT2D eigenvalue weighted by Crippen LogP contribution is -2.01. The zero-order chi connectivity index (χ0) is 42.7. The van der Waals surface area contributed by atoms with Crippen LogP contribution in [0.25, 0.3) is 88.4 Å². The van der Waals surface area contributed by atoms with E-state index in [1.54, 1.807) is 12.2 Å². The molecule has 0 spiro atoms. The molecule has 0 bridgehead atoms. The van der Waals surface area contributed by atoms with Gasteiger partial charge in [0.15, 0.2) is 0 Å². The van der Waals surface area contributed by atoms with Crippen molar-refractivity contribution >= 4 is 49.3 Å². The highest BCUT2D eigenvalue weighted by atomic mass is 15.0. The third-order valence-corrected chi connectivity index (χ3v) is 11.7. The quantitative estimate of drug-likeness (QED) is 0.103. The molecule has 0 fully saturated rings. The first-order valence-electron chi connectivity index (χ1n) is 20.8. The Hall–Kier alpha value is -8.20. The fourth-order valence-corrected chi connectivity index (χ4v) is 8.50. The molecule has 0 saturated carbocycles. The SMILES string of the molecule is C=C/C=C\C(=C)C(=C)/C=C\C(=C)C(=C)/C(=C\C=C)n1c2ccccc2c2cc(-c3ccc4c(c3)c3ccccc3n4-c3ccccc3-c3ccc(-c4ccccc4)cc3)ccc21. The van der Waals surface area contributed by atoms with E-state index in [0.29, 0.717) is 0 Å². The average molecular weight is 795 g/mol. The van der Waals surface area contributed by atoms with Crippen molar-refractivity contribution in [2.45, 2.75) is 0 Å². The molecule has 9 aromatic rings. The summed E-state index contributed by atoms with van der Waals surface area (Å²) in [6.07, 6.45) is 13.1. The van der Waals surface area contributed by atoms with Crippen LogP contribution in [0.4, 0.5) is 0 Å². The summed E-state index contributed by atoms with van der Waals surface area (Å²) in [7, 11) is 0. The van der Waals surface area contributed by atoms with Crippen LogP contribution in [0, 0.1) is 0 Å². The molecule has 0 amide bonds. The van der Waals surface area contributed by atoms with E-state index in [0.717, 1.165) is 72.1 Å². The predicted molar refractivity (Wildman–Crippen MR) is 270 cm³/mol. The van der Waals surface area contributed by atoms with E-state index in [1.807, 2.05) is 30.4 Å². The highest BCUT2D eigenvalue weighted by Crippen LogP contribution is 2.41. The van der Waals surface area contributed by atoms with Gasteiger partial charge in [-0.15, -0.1) is 0 Å². The van der Waals surface area contributed by atoms with Gasteiger partial charge in [-0.25, -0.2) is 0 Å². The van der Waals surface area contributed by atoms with Crippen molar-refractivity contribution in [1.82, 2.24) is 9.13 Å². The lowest BCUT2D eigenvalue weighted by molar-refractivity contribution is 1.18. The Morgan fingerprint density at radius 2 is 0.903 bits per heavy atom. The average Bonchev–Trinajstić information content (AvgIpc) is 3.83. The molecule has 0 aliphatic rings. The molecule has 0 aliphatic heterocycles. The maximum absolute atomic E-state index is 4.53. The minimum Gasteiger partial charge on any atom is -0.309 e. The number of hydrogen-bond acceptors (Lipinski definition) is 0. The zero-order valence-corrected chi connectivity index (χ0v) is 34.8. The lowest BCUT2D eigenvalue weighted by Gasteiger charge is -2.16. The van der Waals surface area contributed by atoms with E-state index in [4.69, 9.17) is 0 Å². The first-order chi connectivity index (χ1) is 30.4. The Labute approximate surface area is 364 Å². The predicted octanol–water partition coefficient (Wildman–Crippen LogP) is 16.4. The van der Waals surface area contributed by atoms with Gasteiger partial charge in [-0.05, 0) is 98.7 Å². The van der Waals surface area contributed by atoms with Crippen LogP contribution in [0.3, 0.4) is 0 Å². The Balaban J connectivity index is 1.11. The van der Waals surface area contributed by atoms with Crippen LogP contribution < -0.4 is 0 Å². The number of aromatic nitrogens is 2. The first-order valence-corrected chi connectivity index (χ1v) is 20.8. The number of rotatable bonds is 13. The van der Waals surface area contributed by atoms with E-state index >= 15 is 0 Å². The highest BCUT2D eigenvalue weighted by Gasteiger charge is 2.19. The minimum atomic E-state index is 0.762. The number of benzene rings is 7. The molecule has 2 aromatic heterocycles. The molecule has 9 rings (SSSR count). The van der Waals surface area contributed by atoms with E-state index in [2.05, 4.69) is 212 Å². The smallest absolute Gasteiger partial charge is 0.0541 e. The summed E-state index contributed by atoms with van der Waals surface area (Å²) in [5.41, 5.74) is 16.7. The fraction of sp³-hybridized carbons (Fsp3) is 0. The van der Waals surface area contributed by atoms with Crippen molar-refractivity contribution in [3.05, 3.63) is 268 Å². The molecular formula is C60H46N2. The number of allylic oxidation sites excluding steroid dienone is 12. The summed E-state index contributed by atoms with van der Waals surface area (Å²) in [6.45, 7) is 25.0. The second-order valence-corrected chi connectivity index (χ2v) is 15.4. The monoisotopic (exact) mass is 794 g/mol. The van der Waals surface area contributed by atoms with E-state index in [1.165, 1.54) is 38.5 Å². The van der Waals surface area contributed by atoms with Gasteiger partial charge in [0.25, 0.3) is 0 Å². The largest absolute Gasteiger partial charge is 0.309 e. The van der Waals surface area contributed by atoms with Crippen LogP contribution in [0.5, 0.6) is 0 Å². The summed E-state index contributed by atoms with van der Waals surface area (Å²) in [5, 5.41) is 4.72. The van der Waals surface area contributed by atoms with Gasteiger partial charge >= 0.3 is 0 Å². The van der Waals surface area contributed by atoms with Gasteiger partial charge in [0, 0.05) is 27.1 Å². The first kappa shape index (κ1) is 39.3. The maximum atomic E-state index is 4.53. The van der Waals surface area contributed by atoms with Gasteiger partial charge in [-0.1, -0.05) is 197 Å². The van der Waals surface area contributed by atoms with E-state index in [9.17, 15) is 0 Å². The molecule has 62 heavy (non-hydrogen) atoms. The third kappa shape index (κ3) is 7.14. The van der Waals surface area contributed by atoms with Gasteiger partial charge in [-0.2, -0.15) is 0 Å². The molecule has 296 valence electrons. The summed E-state index contributed by atoms with van der Waals surface area (Å²) in [5.74, 6) is 0. The molecular weight excluding hydrogens is 749 g/mol. The van der Waals surface area contributed by atoms with Crippen molar-refractivity contribution in [2.24, 2.45) is 0 Å². The Kier molecular flexibility index (Phi) is 10.6. The second kappa shape index (κ2) is 16.8. The van der Waals surface area contributed by atoms with Gasteiger partial charge in [0.05, 0.1) is 33.5 Å². The van der Waals surface area contributed by atoms with Gasteiger partial charge in [0.2, 0.25) is 0 Å². The molecule has 0 aliphatic carbocycles. The van der Waals surface area contributed by atoms with E-state index < -0.39 is 0 Å². The van der Waals surface area contributed by atoms with Crippen LogP contribution in [-0.2, 0) is 0 Å². The molecule has 0 unspecified atom stereocenters. The van der Waals surface area contributed by atoms with Gasteiger partial charge < -0.3 is 9.13 Å². The Bertz CT molecular complexity index is 3370. The number of hydrogen-bond donors (Lipinski definition) is 0. The maximum Gasteiger partial charge on any atom is 0.0541 e. The van der Waals surface area contributed by atoms with Crippen molar-refractivity contribution in [3.63, 3.8) is 0 Å². The normalized spacial score (nSPS) is 11.9. The lowest BCUT2D eigenvalue weighted by atomic mass is 9.99. The third-order valence-electron chi connectivity index (χ3n) is 11.7. The summed E-state index contributed by atoms with van der Waals surface area (Å²) < 4.78 is 4.68. The van der Waals surface area contributed by atoms with Crippen molar-refractivity contribution in [2.75, 3.05) is 0 Å². The molecule has 0 radical (unpaired) electrons. The second-order valence-electron chi connectivity index (χ2n) is 15.4. The summed E-state index contributed by atoms with van der Waals surface area (Å²) in [6, 6.07) is 59.1. The topological polar surface area (TPSA) is 9.86 Å². The molecule has 0 saturated heterocycles. The van der Waals surface area contributed by atoms with Crippen LogP contribution in [0.2, 0.25) is 0 Å². The Morgan fingerprint density at radius 1 is 0.403 bits per heavy atom. The zero-order valence-electron chi connectivity index (χ0n) is 34.8. The number of para-hydroxylation sites is 3. The van der Waals surface area contributed by atoms with Gasteiger partial charge in [0.1, 0.15) is 0 Å². The van der Waals surface area contributed by atoms with Crippen LogP contribution in [0.15, 0.2) is 268 Å². The summed E-state index contributed by atoms with van der Waals surface area (Å²) >= 11 is 0. The molecule has 2 heterocycles. The van der Waals surface area contributed by atoms with Crippen LogP contribution in [-0.4, -0.2) is 9.13 Å². The van der Waals surface area contributed by atoms with E-state index in [-0.39, 0.29) is 0 Å². The molecule has 2 nitrogen and oxygen atoms in total. The molecule has 2 heteroatoms. The fourth-order valence-electron chi connectivity index (χ4n) is 8.50. The standard InChI is InChI=1S/C60H46N2/c1-7-9-20-41(3)42(4)29-30-43(5)44(6)55(19-8-2)61-57-27-17-14-24-51(57)53-39-48(35-37-59(53)61)49-36-38-60-54(40-49)52-25-15-18-28-58(52)62(60)56-26-16-13-23-50(56)47-33-31-46(32-34-47)45-21-11-10-12-22-45/h7-40H,1-6H2/b20-9-,30-29-,55-19+. The summed E-state index contributed by atoms with van der Waals surface area (Å²) in [4.78, 5) is 0. The van der Waals surface area contributed by atoms with Crippen molar-refractivity contribution < 1.29 is 0 Å². The van der Waals surface area contributed by atoms with Crippen LogP contribution >= 0.6 is 0 Å². The molecule has 7 aromatic carbocycles. The van der Waals surface area contributed by atoms with Crippen molar-refractivity contribution in [3.8, 4) is 39.1 Å². The van der Waals surface area contributed by atoms with Crippen LogP contribution in [0.1, 0.15) is 0 Å². The van der Waals surface area contributed by atoms with Crippen molar-refractivity contribution in [1.29, 1.82) is 0 Å². The Morgan fingerprint density at radius 3 is 1.61 bits per heavy atom. The minimum absolute atomic E-state index is 0.762. The number of fused-ring (bicyclic) bond motifs is 6. The highest BCUT2D eigenvalue weighted by molar-refractivity contribution is 6.14.